The van der Waals surface area contributed by atoms with Gasteiger partial charge in [-0.2, -0.15) is 0 Å². The predicted molar refractivity (Wildman–Crippen MR) is 130 cm³/mol. The first-order valence-electron chi connectivity index (χ1n) is 11.5. The van der Waals surface area contributed by atoms with E-state index in [2.05, 4.69) is 20.2 Å². The number of H-pyrrole nitrogens is 1. The average Bonchev–Trinajstić information content (AvgIpc) is 3.38. The van der Waals surface area contributed by atoms with Gasteiger partial charge in [0.2, 0.25) is 11.7 Å². The third-order valence-corrected chi connectivity index (χ3v) is 6.38. The van der Waals surface area contributed by atoms with Gasteiger partial charge in [0.25, 0.3) is 0 Å². The van der Waals surface area contributed by atoms with Crippen LogP contribution in [0.25, 0.3) is 17.1 Å². The van der Waals surface area contributed by atoms with Crippen molar-refractivity contribution in [2.45, 2.75) is 32.4 Å². The van der Waals surface area contributed by atoms with Crippen molar-refractivity contribution in [3.63, 3.8) is 0 Å². The van der Waals surface area contributed by atoms with Crippen LogP contribution in [0, 0.1) is 6.92 Å². The number of Topliss-reactive ketones (excluding diaryl/α,β-unsaturated/α-hetero) is 1. The normalized spacial score (nSPS) is 18.5. The molecule has 9 nitrogen and oxygen atoms in total. The maximum Gasteiger partial charge on any atom is 0.345 e. The fourth-order valence-electron chi connectivity index (χ4n) is 4.47. The van der Waals surface area contributed by atoms with E-state index in [1.54, 1.807) is 18.5 Å². The van der Waals surface area contributed by atoms with Gasteiger partial charge in [0.15, 0.2) is 11.3 Å². The summed E-state index contributed by atoms with van der Waals surface area (Å²) in [6, 6.07) is 9.49. The zero-order valence-corrected chi connectivity index (χ0v) is 19.2. The summed E-state index contributed by atoms with van der Waals surface area (Å²) >= 11 is 0. The van der Waals surface area contributed by atoms with E-state index in [9.17, 15) is 19.8 Å². The summed E-state index contributed by atoms with van der Waals surface area (Å²) in [6.07, 6.45) is 6.22. The number of hydrogen-bond donors (Lipinski definition) is 4. The molecule has 3 aromatic rings. The number of nitrogens with one attached hydrogen (secondary N) is 2. The summed E-state index contributed by atoms with van der Waals surface area (Å²) in [5, 5.41) is 23.2. The predicted octanol–water partition coefficient (Wildman–Crippen LogP) is 3.18. The molecule has 2 aromatic heterocycles. The number of carboxylic acids is 1. The van der Waals surface area contributed by atoms with E-state index in [0.29, 0.717) is 16.9 Å². The van der Waals surface area contributed by atoms with Crippen molar-refractivity contribution >= 4 is 34.5 Å². The number of aliphatic carboxylic acids is 1. The van der Waals surface area contributed by atoms with Gasteiger partial charge < -0.3 is 25.3 Å². The summed E-state index contributed by atoms with van der Waals surface area (Å²) in [5.41, 5.74) is 3.56. The molecule has 180 valence electrons. The van der Waals surface area contributed by atoms with Gasteiger partial charge in [-0.05, 0) is 55.2 Å². The number of rotatable bonds is 6. The first-order chi connectivity index (χ1) is 16.9. The summed E-state index contributed by atoms with van der Waals surface area (Å²) < 4.78 is 5.72. The molecular formula is C26H26N4O5. The fourth-order valence-corrected chi connectivity index (χ4v) is 4.47. The number of allylic oxidation sites excluding steroid dienone is 1. The number of aryl methyl sites for hydroxylation is 1. The number of aromatic amines is 1. The number of piperidine rings is 1. The molecule has 0 saturated carbocycles. The first-order valence-corrected chi connectivity index (χ1v) is 11.5. The van der Waals surface area contributed by atoms with Crippen molar-refractivity contribution in [2.75, 3.05) is 18.4 Å². The summed E-state index contributed by atoms with van der Waals surface area (Å²) in [4.78, 5) is 34.3. The largest absolute Gasteiger partial charge is 0.477 e. The lowest BCUT2D eigenvalue weighted by molar-refractivity contribution is -0.134. The number of likely N-dealkylation sites (tertiary alicyclic amines) is 1. The molecule has 1 fully saturated rings. The Bertz CT molecular complexity index is 1370. The minimum absolute atomic E-state index is 0.0730. The Balaban J connectivity index is 1.36. The monoisotopic (exact) mass is 474 g/mol. The minimum atomic E-state index is -1.36. The Morgan fingerprint density at radius 1 is 1.31 bits per heavy atom. The molecule has 0 amide bonds. The Morgan fingerprint density at radius 3 is 2.86 bits per heavy atom. The van der Waals surface area contributed by atoms with Gasteiger partial charge in [-0.25, -0.2) is 9.78 Å². The molecule has 0 spiro atoms. The van der Waals surface area contributed by atoms with Crippen LogP contribution in [0.3, 0.4) is 0 Å². The number of benzene rings is 1. The van der Waals surface area contributed by atoms with Gasteiger partial charge in [-0.3, -0.25) is 9.69 Å². The maximum atomic E-state index is 12.9. The molecule has 0 unspecified atom stereocenters. The van der Waals surface area contributed by atoms with Crippen LogP contribution in [0.4, 0.5) is 5.69 Å². The molecule has 1 aromatic carbocycles. The van der Waals surface area contributed by atoms with E-state index in [1.807, 2.05) is 31.2 Å². The smallest absolute Gasteiger partial charge is 0.345 e. The lowest BCUT2D eigenvalue weighted by atomic mass is 10.1. The molecule has 1 saturated heterocycles. The minimum Gasteiger partial charge on any atom is -0.477 e. The highest BCUT2D eigenvalue weighted by Gasteiger charge is 2.36. The van der Waals surface area contributed by atoms with Crippen molar-refractivity contribution in [1.29, 1.82) is 0 Å². The molecular weight excluding hydrogens is 448 g/mol. The Morgan fingerprint density at radius 2 is 2.11 bits per heavy atom. The van der Waals surface area contributed by atoms with Gasteiger partial charge >= 0.3 is 5.97 Å². The van der Waals surface area contributed by atoms with E-state index in [0.717, 1.165) is 49.0 Å². The Kier molecular flexibility index (Phi) is 6.10. The Labute approximate surface area is 201 Å². The third kappa shape index (κ3) is 4.68. The van der Waals surface area contributed by atoms with Crippen LogP contribution in [0.2, 0.25) is 0 Å². The highest BCUT2D eigenvalue weighted by molar-refractivity contribution is 6.26. The molecule has 4 heterocycles. The lowest BCUT2D eigenvalue weighted by Crippen LogP contribution is -2.35. The zero-order valence-electron chi connectivity index (χ0n) is 19.2. The fraction of sp³-hybridized carbons (Fsp3) is 0.269. The Hall–Kier alpha value is -3.95. The second kappa shape index (κ2) is 9.36. The summed E-state index contributed by atoms with van der Waals surface area (Å²) in [7, 11) is 0. The molecule has 9 heteroatoms. The van der Waals surface area contributed by atoms with Crippen LogP contribution in [-0.2, 0) is 20.9 Å². The SMILES string of the molecule is Cc1cc(CN2CCC(O)CC2)ccc1NC1=C(C(=O)O)C(=O)/C(=C/c2c[nH]c3ncccc23)O1. The van der Waals surface area contributed by atoms with E-state index < -0.39 is 17.3 Å². The number of aliphatic hydroxyl groups excluding tert-OH is 1. The number of hydrogen-bond acceptors (Lipinski definition) is 7. The number of aromatic nitrogens is 2. The summed E-state index contributed by atoms with van der Waals surface area (Å²) in [5.74, 6) is -2.23. The van der Waals surface area contributed by atoms with Crippen LogP contribution >= 0.6 is 0 Å². The number of nitrogens with zero attached hydrogens (tertiary/aromatic N) is 2. The van der Waals surface area contributed by atoms with Gasteiger partial charge in [-0.15, -0.1) is 0 Å². The molecule has 0 aliphatic carbocycles. The molecule has 4 N–H and O–H groups in total. The standard InChI is InChI=1S/C26H26N4O5/c1-15-11-16(14-30-9-6-18(31)7-10-30)4-5-20(15)29-25-22(26(33)34)23(32)21(35-25)12-17-13-28-24-19(17)3-2-8-27-24/h2-5,8,11-13,18,29,31H,6-7,9-10,14H2,1H3,(H,27,28)(H,33,34)/b21-12-. The van der Waals surface area contributed by atoms with Crippen LogP contribution in [0.1, 0.15) is 29.5 Å². The van der Waals surface area contributed by atoms with Crippen molar-refractivity contribution in [2.24, 2.45) is 0 Å². The van der Waals surface area contributed by atoms with Crippen LogP contribution in [0.5, 0.6) is 0 Å². The van der Waals surface area contributed by atoms with E-state index in [-0.39, 0.29) is 17.7 Å². The number of fused-ring (bicyclic) bond motifs is 1. The number of pyridine rings is 1. The van der Waals surface area contributed by atoms with Crippen molar-refractivity contribution in [3.8, 4) is 0 Å². The van der Waals surface area contributed by atoms with Crippen LogP contribution in [0.15, 0.2) is 59.9 Å². The number of anilines is 1. The molecule has 5 rings (SSSR count). The highest BCUT2D eigenvalue weighted by Crippen LogP contribution is 2.31. The van der Waals surface area contributed by atoms with Gasteiger partial charge in [0, 0.05) is 48.7 Å². The van der Waals surface area contributed by atoms with E-state index in [4.69, 9.17) is 4.74 Å². The van der Waals surface area contributed by atoms with Gasteiger partial charge in [0.1, 0.15) is 5.65 Å². The van der Waals surface area contributed by atoms with Crippen LogP contribution in [-0.4, -0.2) is 56.0 Å². The number of carbonyl (C=O) groups is 2. The van der Waals surface area contributed by atoms with Crippen LogP contribution < -0.4 is 5.32 Å². The second-order valence-electron chi connectivity index (χ2n) is 8.87. The number of aliphatic hydroxyl groups is 1. The number of carboxylic acid groups (broad SMARTS) is 1. The number of ether oxygens (including phenoxy) is 1. The number of carbonyl (C=O) groups excluding carboxylic acids is 1. The van der Waals surface area contributed by atoms with Gasteiger partial charge in [-0.1, -0.05) is 12.1 Å². The maximum absolute atomic E-state index is 12.9. The average molecular weight is 475 g/mol. The van der Waals surface area contributed by atoms with E-state index >= 15 is 0 Å². The molecule has 0 bridgehead atoms. The summed E-state index contributed by atoms with van der Waals surface area (Å²) in [6.45, 7) is 4.40. The van der Waals surface area contributed by atoms with Crippen molar-refractivity contribution in [1.82, 2.24) is 14.9 Å². The molecule has 2 aliphatic heterocycles. The number of ketones is 1. The molecule has 2 aliphatic rings. The highest BCUT2D eigenvalue weighted by atomic mass is 16.5. The lowest BCUT2D eigenvalue weighted by Gasteiger charge is -2.29. The topological polar surface area (TPSA) is 128 Å². The van der Waals surface area contributed by atoms with Crippen molar-refractivity contribution in [3.05, 3.63) is 76.6 Å². The second-order valence-corrected chi connectivity index (χ2v) is 8.87. The molecule has 0 atom stereocenters. The van der Waals surface area contributed by atoms with E-state index in [1.165, 1.54) is 6.08 Å². The van der Waals surface area contributed by atoms with Gasteiger partial charge in [0.05, 0.1) is 6.10 Å². The van der Waals surface area contributed by atoms with Crippen molar-refractivity contribution < 1.29 is 24.5 Å². The third-order valence-electron chi connectivity index (χ3n) is 6.38. The molecule has 0 radical (unpaired) electrons. The molecule has 35 heavy (non-hydrogen) atoms. The quantitative estimate of drug-likeness (QED) is 0.317. The first kappa shape index (κ1) is 22.8. The zero-order chi connectivity index (χ0) is 24.5.